The molecule has 0 saturated heterocycles. The molecule has 0 fully saturated rings. The van der Waals surface area contributed by atoms with E-state index in [9.17, 15) is 4.79 Å². The number of fused-ring (bicyclic) bond motifs is 2. The molecule has 0 aliphatic carbocycles. The number of aromatic nitrogens is 4. The van der Waals surface area contributed by atoms with Gasteiger partial charge >= 0.3 is 0 Å². The molecule has 4 heterocycles. The van der Waals surface area contributed by atoms with E-state index >= 15 is 0 Å². The van der Waals surface area contributed by atoms with E-state index in [0.717, 1.165) is 42.1 Å². The maximum Gasteiger partial charge on any atom is 0.256 e. The predicted molar refractivity (Wildman–Crippen MR) is 94.4 cm³/mol. The second-order valence-corrected chi connectivity index (χ2v) is 6.83. The highest BCUT2D eigenvalue weighted by atomic mass is 32.2. The number of aromatic amines is 1. The molecule has 0 radical (unpaired) electrons. The summed E-state index contributed by atoms with van der Waals surface area (Å²) >= 11 is 1.47. The summed E-state index contributed by atoms with van der Waals surface area (Å²) in [5.41, 5.74) is 4.91. The van der Waals surface area contributed by atoms with Crippen LogP contribution in [0.25, 0.3) is 5.65 Å². The van der Waals surface area contributed by atoms with Gasteiger partial charge in [0.15, 0.2) is 5.16 Å². The second-order valence-electron chi connectivity index (χ2n) is 6.03. The lowest BCUT2D eigenvalue weighted by Gasteiger charge is -2.27. The van der Waals surface area contributed by atoms with Crippen LogP contribution in [0.3, 0.4) is 0 Å². The standard InChI is InChI=1S/C17H19N5OS/c1-11-14(22-7-4-3-5-15(22)18-11)10-21-8-6-13-12(9-21)16(23)20-17(19-13)24-2/h3-5,7H,6,8-10H2,1-2H3,(H,19,20,23). The van der Waals surface area contributed by atoms with Gasteiger partial charge in [0, 0.05) is 32.3 Å². The monoisotopic (exact) mass is 341 g/mol. The minimum Gasteiger partial charge on any atom is -0.302 e. The van der Waals surface area contributed by atoms with Crippen molar-refractivity contribution in [3.63, 3.8) is 0 Å². The SMILES string of the molecule is CSc1nc2c(c(=O)[nH]1)CN(Cc1c(C)nc3ccccn13)CC2. The molecule has 124 valence electrons. The Morgan fingerprint density at radius 2 is 2.21 bits per heavy atom. The van der Waals surface area contributed by atoms with Crippen molar-refractivity contribution in [2.75, 3.05) is 12.8 Å². The molecule has 1 N–H and O–H groups in total. The molecule has 0 unspecified atom stereocenters. The quantitative estimate of drug-likeness (QED) is 0.583. The highest BCUT2D eigenvalue weighted by molar-refractivity contribution is 7.98. The van der Waals surface area contributed by atoms with Crippen LogP contribution in [-0.4, -0.2) is 37.1 Å². The molecule has 0 atom stereocenters. The lowest BCUT2D eigenvalue weighted by atomic mass is 10.1. The molecule has 24 heavy (non-hydrogen) atoms. The van der Waals surface area contributed by atoms with Crippen molar-refractivity contribution in [3.8, 4) is 0 Å². The lowest BCUT2D eigenvalue weighted by molar-refractivity contribution is 0.237. The van der Waals surface area contributed by atoms with E-state index in [1.54, 1.807) is 0 Å². The molecular formula is C17H19N5OS. The Balaban J connectivity index is 1.63. The van der Waals surface area contributed by atoms with Crippen molar-refractivity contribution >= 4 is 17.4 Å². The zero-order valence-corrected chi connectivity index (χ0v) is 14.6. The minimum absolute atomic E-state index is 0.0103. The summed E-state index contributed by atoms with van der Waals surface area (Å²) in [5, 5.41) is 0.699. The number of rotatable bonds is 3. The third-order valence-electron chi connectivity index (χ3n) is 4.52. The van der Waals surface area contributed by atoms with E-state index in [-0.39, 0.29) is 5.56 Å². The third-order valence-corrected chi connectivity index (χ3v) is 5.10. The van der Waals surface area contributed by atoms with Crippen molar-refractivity contribution in [2.24, 2.45) is 0 Å². The Hall–Kier alpha value is -2.12. The smallest absolute Gasteiger partial charge is 0.256 e. The van der Waals surface area contributed by atoms with Gasteiger partial charge in [-0.1, -0.05) is 17.8 Å². The van der Waals surface area contributed by atoms with Gasteiger partial charge in [0.2, 0.25) is 0 Å². The van der Waals surface area contributed by atoms with Gasteiger partial charge in [0.25, 0.3) is 5.56 Å². The average Bonchev–Trinajstić information content (AvgIpc) is 2.91. The third kappa shape index (κ3) is 2.63. The molecule has 1 aliphatic heterocycles. The summed E-state index contributed by atoms with van der Waals surface area (Å²) in [6, 6.07) is 6.03. The molecule has 1 aliphatic rings. The van der Waals surface area contributed by atoms with Gasteiger partial charge in [-0.25, -0.2) is 9.97 Å². The van der Waals surface area contributed by atoms with Gasteiger partial charge < -0.3 is 9.38 Å². The van der Waals surface area contributed by atoms with Crippen LogP contribution in [0.15, 0.2) is 34.3 Å². The van der Waals surface area contributed by atoms with E-state index in [4.69, 9.17) is 0 Å². The Morgan fingerprint density at radius 3 is 3.04 bits per heavy atom. The number of nitrogens with zero attached hydrogens (tertiary/aromatic N) is 4. The summed E-state index contributed by atoms with van der Waals surface area (Å²) < 4.78 is 2.13. The maximum absolute atomic E-state index is 12.3. The number of thioether (sulfide) groups is 1. The fourth-order valence-corrected chi connectivity index (χ4v) is 3.65. The molecule has 4 rings (SSSR count). The predicted octanol–water partition coefficient (Wildman–Crippen LogP) is 2.01. The van der Waals surface area contributed by atoms with Crippen LogP contribution in [0.2, 0.25) is 0 Å². The number of pyridine rings is 1. The lowest BCUT2D eigenvalue weighted by Crippen LogP contribution is -2.35. The Bertz CT molecular complexity index is 961. The molecule has 0 bridgehead atoms. The van der Waals surface area contributed by atoms with Crippen LogP contribution in [0, 0.1) is 6.92 Å². The summed E-state index contributed by atoms with van der Waals surface area (Å²) in [6.45, 7) is 4.35. The van der Waals surface area contributed by atoms with Gasteiger partial charge in [-0.05, 0) is 25.3 Å². The zero-order valence-electron chi connectivity index (χ0n) is 13.7. The number of imidazole rings is 1. The average molecular weight is 341 g/mol. The van der Waals surface area contributed by atoms with E-state index < -0.39 is 0 Å². The number of H-pyrrole nitrogens is 1. The van der Waals surface area contributed by atoms with Gasteiger partial charge in [0.05, 0.1) is 22.6 Å². The first-order valence-corrected chi connectivity index (χ1v) is 9.19. The zero-order chi connectivity index (χ0) is 16.7. The molecule has 7 heteroatoms. The highest BCUT2D eigenvalue weighted by Gasteiger charge is 2.22. The fraction of sp³-hybridized carbons (Fsp3) is 0.353. The van der Waals surface area contributed by atoms with Crippen molar-refractivity contribution in [1.82, 2.24) is 24.3 Å². The molecule has 0 saturated carbocycles. The van der Waals surface area contributed by atoms with Gasteiger partial charge in [-0.3, -0.25) is 9.69 Å². The van der Waals surface area contributed by atoms with Crippen LogP contribution in [0.4, 0.5) is 0 Å². The number of aryl methyl sites for hydroxylation is 1. The highest BCUT2D eigenvalue weighted by Crippen LogP contribution is 2.20. The Labute approximate surface area is 143 Å². The summed E-state index contributed by atoms with van der Waals surface area (Å²) in [7, 11) is 0. The Morgan fingerprint density at radius 1 is 1.33 bits per heavy atom. The first kappa shape index (κ1) is 15.4. The van der Waals surface area contributed by atoms with E-state index in [1.807, 2.05) is 37.6 Å². The summed E-state index contributed by atoms with van der Waals surface area (Å²) in [5.74, 6) is 0. The van der Waals surface area contributed by atoms with Crippen LogP contribution >= 0.6 is 11.8 Å². The van der Waals surface area contributed by atoms with Gasteiger partial charge in [-0.15, -0.1) is 0 Å². The molecule has 0 spiro atoms. The first-order chi connectivity index (χ1) is 11.7. The second kappa shape index (κ2) is 6.07. The largest absolute Gasteiger partial charge is 0.302 e. The van der Waals surface area contributed by atoms with Crippen molar-refractivity contribution in [1.29, 1.82) is 0 Å². The first-order valence-electron chi connectivity index (χ1n) is 7.96. The number of nitrogens with one attached hydrogen (secondary N) is 1. The number of hydrogen-bond acceptors (Lipinski definition) is 5. The molecule has 3 aromatic rings. The maximum atomic E-state index is 12.3. The summed E-state index contributed by atoms with van der Waals surface area (Å²) in [4.78, 5) is 26.6. The van der Waals surface area contributed by atoms with Gasteiger partial charge in [0.1, 0.15) is 5.65 Å². The van der Waals surface area contributed by atoms with Crippen molar-refractivity contribution in [3.05, 3.63) is 57.4 Å². The van der Waals surface area contributed by atoms with Crippen LogP contribution < -0.4 is 5.56 Å². The molecule has 0 amide bonds. The van der Waals surface area contributed by atoms with Crippen molar-refractivity contribution in [2.45, 2.75) is 31.6 Å². The molecular weight excluding hydrogens is 322 g/mol. The van der Waals surface area contributed by atoms with Gasteiger partial charge in [-0.2, -0.15) is 0 Å². The van der Waals surface area contributed by atoms with Crippen LogP contribution in [-0.2, 0) is 19.5 Å². The number of hydrogen-bond donors (Lipinski definition) is 1. The van der Waals surface area contributed by atoms with Crippen LogP contribution in [0.1, 0.15) is 22.6 Å². The normalized spacial score (nSPS) is 14.9. The van der Waals surface area contributed by atoms with E-state index in [1.165, 1.54) is 17.5 Å². The fourth-order valence-electron chi connectivity index (χ4n) is 3.26. The molecule has 3 aromatic heterocycles. The summed E-state index contributed by atoms with van der Waals surface area (Å²) in [6.07, 6.45) is 4.78. The van der Waals surface area contributed by atoms with E-state index in [0.29, 0.717) is 11.7 Å². The topological polar surface area (TPSA) is 66.3 Å². The van der Waals surface area contributed by atoms with E-state index in [2.05, 4.69) is 24.3 Å². The minimum atomic E-state index is -0.0103. The molecule has 0 aromatic carbocycles. The van der Waals surface area contributed by atoms with Crippen molar-refractivity contribution < 1.29 is 0 Å². The van der Waals surface area contributed by atoms with Crippen LogP contribution in [0.5, 0.6) is 0 Å². The molecule has 6 nitrogen and oxygen atoms in total. The Kier molecular flexibility index (Phi) is 3.90.